The summed E-state index contributed by atoms with van der Waals surface area (Å²) in [7, 11) is 3.81. The number of benzene rings is 1. The molecule has 2 aliphatic heterocycles. The molecule has 6 heteroatoms. The number of methoxy groups -OCH3 is 1. The van der Waals surface area contributed by atoms with Crippen LogP contribution in [0.5, 0.6) is 5.75 Å². The van der Waals surface area contributed by atoms with E-state index in [1.54, 1.807) is 7.11 Å². The molecule has 24 heavy (non-hydrogen) atoms. The predicted molar refractivity (Wildman–Crippen MR) is 92.2 cm³/mol. The van der Waals surface area contributed by atoms with Gasteiger partial charge in [-0.15, -0.1) is 0 Å². The first kappa shape index (κ1) is 17.2. The smallest absolute Gasteiger partial charge is 0.236 e. The second-order valence-electron chi connectivity index (χ2n) is 6.47. The lowest BCUT2D eigenvalue weighted by Gasteiger charge is -2.41. The maximum atomic E-state index is 12.7. The van der Waals surface area contributed by atoms with Crippen LogP contribution in [0.1, 0.15) is 11.6 Å². The molecular formula is C18H27N3O3. The third-order valence-electron chi connectivity index (χ3n) is 4.96. The van der Waals surface area contributed by atoms with Gasteiger partial charge in [-0.3, -0.25) is 14.6 Å². The Morgan fingerprint density at radius 1 is 1.21 bits per heavy atom. The van der Waals surface area contributed by atoms with Crippen molar-refractivity contribution < 1.29 is 14.3 Å². The average Bonchev–Trinajstić information content (AvgIpc) is 2.63. The predicted octanol–water partition coefficient (Wildman–Crippen LogP) is 0.843. The van der Waals surface area contributed by atoms with Crippen LogP contribution in [0.2, 0.25) is 0 Å². The fraction of sp³-hybridized carbons (Fsp3) is 0.611. The van der Waals surface area contributed by atoms with E-state index in [0.29, 0.717) is 13.1 Å². The summed E-state index contributed by atoms with van der Waals surface area (Å²) in [6.07, 6.45) is 0. The quantitative estimate of drug-likeness (QED) is 0.817. The summed E-state index contributed by atoms with van der Waals surface area (Å²) in [6, 6.07) is 8.25. The van der Waals surface area contributed by atoms with Gasteiger partial charge in [0.25, 0.3) is 0 Å². The molecule has 1 aromatic rings. The van der Waals surface area contributed by atoms with Crippen LogP contribution < -0.4 is 4.74 Å². The molecule has 2 aliphatic rings. The first-order valence-electron chi connectivity index (χ1n) is 8.60. The number of rotatable bonds is 4. The van der Waals surface area contributed by atoms with E-state index >= 15 is 0 Å². The zero-order valence-electron chi connectivity index (χ0n) is 14.6. The molecule has 2 fully saturated rings. The van der Waals surface area contributed by atoms with Crippen LogP contribution in [0.4, 0.5) is 0 Å². The fourth-order valence-electron chi connectivity index (χ4n) is 3.43. The number of amides is 1. The van der Waals surface area contributed by atoms with Crippen LogP contribution in [-0.2, 0) is 9.53 Å². The van der Waals surface area contributed by atoms with Crippen molar-refractivity contribution in [1.82, 2.24) is 14.7 Å². The molecule has 0 aliphatic carbocycles. The number of likely N-dealkylation sites (N-methyl/N-ethyl adjacent to an activating group) is 1. The molecule has 0 aromatic heterocycles. The molecule has 2 saturated heterocycles. The molecule has 1 aromatic carbocycles. The molecule has 0 saturated carbocycles. The Kier molecular flexibility index (Phi) is 5.71. The minimum absolute atomic E-state index is 0.170. The van der Waals surface area contributed by atoms with E-state index in [4.69, 9.17) is 9.47 Å². The summed E-state index contributed by atoms with van der Waals surface area (Å²) < 4.78 is 10.9. The van der Waals surface area contributed by atoms with Crippen molar-refractivity contribution in [2.75, 3.05) is 66.6 Å². The molecule has 2 heterocycles. The van der Waals surface area contributed by atoms with Crippen LogP contribution in [0.15, 0.2) is 24.3 Å². The van der Waals surface area contributed by atoms with Gasteiger partial charge in [-0.25, -0.2) is 0 Å². The van der Waals surface area contributed by atoms with Gasteiger partial charge >= 0.3 is 0 Å². The van der Waals surface area contributed by atoms with Crippen LogP contribution in [0.25, 0.3) is 0 Å². The van der Waals surface area contributed by atoms with Crippen LogP contribution >= 0.6 is 0 Å². The molecule has 0 bridgehead atoms. The van der Waals surface area contributed by atoms with Gasteiger partial charge < -0.3 is 14.4 Å². The average molecular weight is 333 g/mol. The van der Waals surface area contributed by atoms with Gasteiger partial charge in [0.05, 0.1) is 32.9 Å². The summed E-state index contributed by atoms with van der Waals surface area (Å²) in [5.74, 6) is 1.10. The second kappa shape index (κ2) is 7.96. The van der Waals surface area contributed by atoms with Crippen molar-refractivity contribution >= 4 is 5.91 Å². The van der Waals surface area contributed by atoms with Gasteiger partial charge in [0.2, 0.25) is 5.91 Å². The lowest BCUT2D eigenvalue weighted by Crippen LogP contribution is -2.52. The number of ether oxygens (including phenoxy) is 2. The Hall–Kier alpha value is -1.63. The first-order chi connectivity index (χ1) is 11.7. The Labute approximate surface area is 143 Å². The number of nitrogens with zero attached hydrogens (tertiary/aromatic N) is 3. The van der Waals surface area contributed by atoms with Gasteiger partial charge in [0.1, 0.15) is 5.75 Å². The van der Waals surface area contributed by atoms with E-state index in [-0.39, 0.29) is 11.9 Å². The summed E-state index contributed by atoms with van der Waals surface area (Å²) in [4.78, 5) is 19.2. The number of para-hydroxylation sites is 1. The van der Waals surface area contributed by atoms with Crippen molar-refractivity contribution in [3.05, 3.63) is 29.8 Å². The summed E-state index contributed by atoms with van der Waals surface area (Å²) in [5, 5.41) is 0. The Morgan fingerprint density at radius 2 is 1.96 bits per heavy atom. The molecule has 0 unspecified atom stereocenters. The third kappa shape index (κ3) is 3.88. The van der Waals surface area contributed by atoms with Gasteiger partial charge in [-0.05, 0) is 13.1 Å². The Morgan fingerprint density at radius 3 is 2.71 bits per heavy atom. The molecule has 0 N–H and O–H groups in total. The van der Waals surface area contributed by atoms with Crippen molar-refractivity contribution in [2.45, 2.75) is 6.04 Å². The number of carbonyl (C=O) groups excluding carboxylic acids is 1. The number of hydrogen-bond donors (Lipinski definition) is 0. The van der Waals surface area contributed by atoms with Crippen LogP contribution in [-0.4, -0.2) is 87.2 Å². The van der Waals surface area contributed by atoms with Crippen molar-refractivity contribution in [3.8, 4) is 5.75 Å². The largest absolute Gasteiger partial charge is 0.496 e. The van der Waals surface area contributed by atoms with E-state index in [0.717, 1.165) is 50.7 Å². The standard InChI is InChI=1S/C18H27N3O3/c1-19-7-8-21(18(22)14-20-9-11-24-12-10-20)13-16(19)15-5-3-4-6-17(15)23-2/h3-6,16H,7-14H2,1-2H3/t16-/m0/s1. The Balaban J connectivity index is 1.67. The minimum atomic E-state index is 0.170. The molecule has 1 atom stereocenters. The molecule has 3 rings (SSSR count). The Bertz CT molecular complexity index is 560. The van der Waals surface area contributed by atoms with E-state index in [1.165, 1.54) is 0 Å². The van der Waals surface area contributed by atoms with E-state index in [9.17, 15) is 4.79 Å². The number of piperazine rings is 1. The zero-order valence-corrected chi connectivity index (χ0v) is 14.6. The highest BCUT2D eigenvalue weighted by Gasteiger charge is 2.30. The molecular weight excluding hydrogens is 306 g/mol. The SMILES string of the molecule is COc1ccccc1[C@@H]1CN(C(=O)CN2CCOCC2)CCN1C. The van der Waals surface area contributed by atoms with Crippen LogP contribution in [0, 0.1) is 0 Å². The number of morpholine rings is 1. The van der Waals surface area contributed by atoms with Gasteiger partial charge in [-0.2, -0.15) is 0 Å². The molecule has 1 amide bonds. The third-order valence-corrected chi connectivity index (χ3v) is 4.96. The molecule has 0 spiro atoms. The number of carbonyl (C=O) groups is 1. The van der Waals surface area contributed by atoms with Gasteiger partial charge in [0.15, 0.2) is 0 Å². The number of hydrogen-bond acceptors (Lipinski definition) is 5. The lowest BCUT2D eigenvalue weighted by molar-refractivity contribution is -0.136. The monoisotopic (exact) mass is 333 g/mol. The van der Waals surface area contributed by atoms with Crippen molar-refractivity contribution in [3.63, 3.8) is 0 Å². The topological polar surface area (TPSA) is 45.3 Å². The highest BCUT2D eigenvalue weighted by atomic mass is 16.5. The molecule has 6 nitrogen and oxygen atoms in total. The van der Waals surface area contributed by atoms with Gasteiger partial charge in [0, 0.05) is 38.3 Å². The maximum Gasteiger partial charge on any atom is 0.236 e. The van der Waals surface area contributed by atoms with Gasteiger partial charge in [-0.1, -0.05) is 18.2 Å². The summed E-state index contributed by atoms with van der Waals surface area (Å²) in [5.41, 5.74) is 1.14. The minimum Gasteiger partial charge on any atom is -0.496 e. The highest BCUT2D eigenvalue weighted by molar-refractivity contribution is 5.78. The highest BCUT2D eigenvalue weighted by Crippen LogP contribution is 2.31. The van der Waals surface area contributed by atoms with Crippen LogP contribution in [0.3, 0.4) is 0 Å². The summed E-state index contributed by atoms with van der Waals surface area (Å²) >= 11 is 0. The maximum absolute atomic E-state index is 12.7. The van der Waals surface area contributed by atoms with E-state index in [1.807, 2.05) is 23.1 Å². The fourth-order valence-corrected chi connectivity index (χ4v) is 3.43. The normalized spacial score (nSPS) is 23.2. The summed E-state index contributed by atoms with van der Waals surface area (Å²) in [6.45, 7) is 5.99. The lowest BCUT2D eigenvalue weighted by atomic mass is 10.0. The first-order valence-corrected chi connectivity index (χ1v) is 8.60. The zero-order chi connectivity index (χ0) is 16.9. The van der Waals surface area contributed by atoms with E-state index in [2.05, 4.69) is 22.9 Å². The van der Waals surface area contributed by atoms with E-state index < -0.39 is 0 Å². The molecule has 132 valence electrons. The van der Waals surface area contributed by atoms with Crippen molar-refractivity contribution in [1.29, 1.82) is 0 Å². The van der Waals surface area contributed by atoms with Crippen molar-refractivity contribution in [2.24, 2.45) is 0 Å². The second-order valence-corrected chi connectivity index (χ2v) is 6.47. The molecule has 0 radical (unpaired) electrons.